The lowest BCUT2D eigenvalue weighted by Gasteiger charge is -2.32. The van der Waals surface area contributed by atoms with Crippen molar-refractivity contribution in [1.82, 2.24) is 5.32 Å². The summed E-state index contributed by atoms with van der Waals surface area (Å²) in [4.78, 5) is 0. The minimum Gasteiger partial charge on any atom is -0.381 e. The molecule has 0 aromatic heterocycles. The molecule has 0 bridgehead atoms. The second-order valence-corrected chi connectivity index (χ2v) is 5.49. The summed E-state index contributed by atoms with van der Waals surface area (Å²) in [5.41, 5.74) is -0.196. The summed E-state index contributed by atoms with van der Waals surface area (Å²) in [5, 5.41) is 3.29. The number of rotatable bonds is 5. The zero-order valence-corrected chi connectivity index (χ0v) is 12.2. The highest BCUT2D eigenvalue weighted by Crippen LogP contribution is 2.38. The van der Waals surface area contributed by atoms with E-state index in [9.17, 15) is 13.2 Å². The molecule has 2 rings (SSSR count). The van der Waals surface area contributed by atoms with Gasteiger partial charge in [-0.3, -0.25) is 0 Å². The molecule has 0 radical (unpaired) electrons. The van der Waals surface area contributed by atoms with Gasteiger partial charge in [0.1, 0.15) is 0 Å². The number of nitrogens with one attached hydrogen (secondary N) is 1. The monoisotopic (exact) mass is 301 g/mol. The van der Waals surface area contributed by atoms with E-state index in [4.69, 9.17) is 4.74 Å². The van der Waals surface area contributed by atoms with Crippen LogP contribution < -0.4 is 5.32 Å². The van der Waals surface area contributed by atoms with E-state index in [1.807, 2.05) is 6.92 Å². The smallest absolute Gasteiger partial charge is 0.381 e. The van der Waals surface area contributed by atoms with Crippen molar-refractivity contribution in [3.8, 4) is 0 Å². The normalized spacial score (nSPS) is 21.2. The molecule has 21 heavy (non-hydrogen) atoms. The van der Waals surface area contributed by atoms with Gasteiger partial charge >= 0.3 is 6.18 Å². The van der Waals surface area contributed by atoms with Crippen molar-refractivity contribution in [2.45, 2.75) is 38.4 Å². The number of hydrogen-bond acceptors (Lipinski definition) is 2. The van der Waals surface area contributed by atoms with Gasteiger partial charge in [0.15, 0.2) is 0 Å². The minimum absolute atomic E-state index is 0.0915. The molecule has 1 aromatic rings. The predicted molar refractivity (Wildman–Crippen MR) is 76.0 cm³/mol. The summed E-state index contributed by atoms with van der Waals surface area (Å²) in [5.74, 6) is 0.0915. The molecule has 2 unspecified atom stereocenters. The number of benzene rings is 1. The van der Waals surface area contributed by atoms with E-state index in [0.717, 1.165) is 19.3 Å². The summed E-state index contributed by atoms with van der Waals surface area (Å²) in [7, 11) is 0. The molecule has 118 valence electrons. The number of halogens is 3. The Kier molecular flexibility index (Phi) is 5.65. The zero-order chi connectivity index (χ0) is 15.3. The molecule has 1 saturated heterocycles. The first kappa shape index (κ1) is 16.3. The molecule has 1 fully saturated rings. The van der Waals surface area contributed by atoms with E-state index < -0.39 is 11.7 Å². The summed E-state index contributed by atoms with van der Waals surface area (Å²) in [6, 6.07) is 5.57. The third kappa shape index (κ3) is 4.20. The SMILES string of the molecule is CCCNC(c1ccccc1C(F)(F)F)C1CCCOC1. The van der Waals surface area contributed by atoms with Crippen LogP contribution in [0.15, 0.2) is 24.3 Å². The van der Waals surface area contributed by atoms with Crippen LogP contribution in [-0.2, 0) is 10.9 Å². The molecular weight excluding hydrogens is 279 g/mol. The van der Waals surface area contributed by atoms with Crippen molar-refractivity contribution in [3.63, 3.8) is 0 Å². The van der Waals surface area contributed by atoms with E-state index in [1.54, 1.807) is 12.1 Å². The first-order valence-corrected chi connectivity index (χ1v) is 7.51. The van der Waals surface area contributed by atoms with Gasteiger partial charge in [-0.1, -0.05) is 25.1 Å². The maximum Gasteiger partial charge on any atom is 0.416 e. The van der Waals surface area contributed by atoms with Gasteiger partial charge in [-0.05, 0) is 37.4 Å². The lowest BCUT2D eigenvalue weighted by atomic mass is 9.86. The van der Waals surface area contributed by atoms with Gasteiger partial charge in [-0.2, -0.15) is 13.2 Å². The van der Waals surface area contributed by atoms with Crippen LogP contribution in [0.1, 0.15) is 43.4 Å². The lowest BCUT2D eigenvalue weighted by Crippen LogP contribution is -2.35. The quantitative estimate of drug-likeness (QED) is 0.881. The Bertz CT molecular complexity index is 441. The highest BCUT2D eigenvalue weighted by molar-refractivity contribution is 5.33. The summed E-state index contributed by atoms with van der Waals surface area (Å²) < 4.78 is 45.2. The van der Waals surface area contributed by atoms with Crippen molar-refractivity contribution < 1.29 is 17.9 Å². The van der Waals surface area contributed by atoms with Crippen molar-refractivity contribution in [3.05, 3.63) is 35.4 Å². The molecule has 0 saturated carbocycles. The predicted octanol–water partition coefficient (Wildman–Crippen LogP) is 4.17. The molecule has 5 heteroatoms. The fourth-order valence-electron chi connectivity index (χ4n) is 2.89. The molecule has 0 aliphatic carbocycles. The van der Waals surface area contributed by atoms with E-state index >= 15 is 0 Å². The minimum atomic E-state index is -4.32. The first-order chi connectivity index (χ1) is 10.0. The third-order valence-electron chi connectivity index (χ3n) is 3.88. The fourth-order valence-corrected chi connectivity index (χ4v) is 2.89. The molecule has 1 N–H and O–H groups in total. The molecule has 2 nitrogen and oxygen atoms in total. The van der Waals surface area contributed by atoms with Crippen LogP contribution in [0.3, 0.4) is 0 Å². The summed E-state index contributed by atoms with van der Waals surface area (Å²) in [6.45, 7) is 3.94. The summed E-state index contributed by atoms with van der Waals surface area (Å²) >= 11 is 0. The number of ether oxygens (including phenoxy) is 1. The summed E-state index contributed by atoms with van der Waals surface area (Å²) in [6.07, 6.45) is -1.63. The van der Waals surface area contributed by atoms with Crippen LogP contribution in [-0.4, -0.2) is 19.8 Å². The van der Waals surface area contributed by atoms with E-state index in [0.29, 0.717) is 25.3 Å². The van der Waals surface area contributed by atoms with Gasteiger partial charge < -0.3 is 10.1 Å². The third-order valence-corrected chi connectivity index (χ3v) is 3.88. The Labute approximate surface area is 123 Å². The van der Waals surface area contributed by atoms with Crippen LogP contribution >= 0.6 is 0 Å². The highest BCUT2D eigenvalue weighted by Gasteiger charge is 2.37. The van der Waals surface area contributed by atoms with Gasteiger partial charge in [0.25, 0.3) is 0 Å². The molecule has 1 aliphatic heterocycles. The Morgan fingerprint density at radius 1 is 1.33 bits per heavy atom. The first-order valence-electron chi connectivity index (χ1n) is 7.51. The molecule has 0 spiro atoms. The Hall–Kier alpha value is -1.07. The van der Waals surface area contributed by atoms with Crippen molar-refractivity contribution >= 4 is 0 Å². The van der Waals surface area contributed by atoms with Gasteiger partial charge in [-0.25, -0.2) is 0 Å². The molecular formula is C16H22F3NO. The molecule has 1 aromatic carbocycles. The van der Waals surface area contributed by atoms with Crippen LogP contribution in [0.25, 0.3) is 0 Å². The van der Waals surface area contributed by atoms with Crippen LogP contribution in [0.4, 0.5) is 13.2 Å². The van der Waals surface area contributed by atoms with Gasteiger partial charge in [0, 0.05) is 18.6 Å². The maximum absolute atomic E-state index is 13.2. The maximum atomic E-state index is 13.2. The molecule has 1 aliphatic rings. The zero-order valence-electron chi connectivity index (χ0n) is 12.2. The lowest BCUT2D eigenvalue weighted by molar-refractivity contribution is -0.138. The van der Waals surface area contributed by atoms with Crippen molar-refractivity contribution in [2.24, 2.45) is 5.92 Å². The standard InChI is InChI=1S/C16H22F3NO/c1-2-9-20-15(12-6-5-10-21-11-12)13-7-3-4-8-14(13)16(17,18)19/h3-4,7-8,12,15,20H,2,5-6,9-11H2,1H3. The van der Waals surface area contributed by atoms with Gasteiger partial charge in [-0.15, -0.1) is 0 Å². The van der Waals surface area contributed by atoms with E-state index in [2.05, 4.69) is 5.32 Å². The van der Waals surface area contributed by atoms with Crippen LogP contribution in [0.2, 0.25) is 0 Å². The molecule has 1 heterocycles. The average molecular weight is 301 g/mol. The van der Waals surface area contributed by atoms with Crippen molar-refractivity contribution in [1.29, 1.82) is 0 Å². The molecule has 2 atom stereocenters. The molecule has 0 amide bonds. The van der Waals surface area contributed by atoms with Gasteiger partial charge in [0.05, 0.1) is 12.2 Å². The number of hydrogen-bond donors (Lipinski definition) is 1. The van der Waals surface area contributed by atoms with Gasteiger partial charge in [0.2, 0.25) is 0 Å². The average Bonchev–Trinajstić information content (AvgIpc) is 2.48. The topological polar surface area (TPSA) is 21.3 Å². The Morgan fingerprint density at radius 2 is 2.10 bits per heavy atom. The van der Waals surface area contributed by atoms with Crippen LogP contribution in [0, 0.1) is 5.92 Å². The highest BCUT2D eigenvalue weighted by atomic mass is 19.4. The Balaban J connectivity index is 2.31. The second-order valence-electron chi connectivity index (χ2n) is 5.49. The van der Waals surface area contributed by atoms with Crippen molar-refractivity contribution in [2.75, 3.05) is 19.8 Å². The van der Waals surface area contributed by atoms with E-state index in [1.165, 1.54) is 12.1 Å². The Morgan fingerprint density at radius 3 is 2.71 bits per heavy atom. The van der Waals surface area contributed by atoms with Crippen LogP contribution in [0.5, 0.6) is 0 Å². The second kappa shape index (κ2) is 7.27. The largest absolute Gasteiger partial charge is 0.416 e. The number of alkyl halides is 3. The van der Waals surface area contributed by atoms with E-state index in [-0.39, 0.29) is 12.0 Å². The fraction of sp³-hybridized carbons (Fsp3) is 0.625.